The van der Waals surface area contributed by atoms with E-state index in [1.54, 1.807) is 24.8 Å². The third-order valence-corrected chi connectivity index (χ3v) is 5.95. The molecule has 0 saturated heterocycles. The minimum atomic E-state index is 0.589. The van der Waals surface area contributed by atoms with Gasteiger partial charge in [0.15, 0.2) is 0 Å². The molecule has 6 heterocycles. The molecule has 6 aromatic heterocycles. The van der Waals surface area contributed by atoms with Gasteiger partial charge in [-0.15, -0.1) is 0 Å². The average molecular weight is 477 g/mol. The molecule has 6 aromatic rings. The highest BCUT2D eigenvalue weighted by Crippen LogP contribution is 2.33. The second-order valence-corrected chi connectivity index (χ2v) is 8.74. The summed E-state index contributed by atoms with van der Waals surface area (Å²) in [6.45, 7) is 1.42. The Morgan fingerprint density at radius 1 is 0.944 bits per heavy atom. The number of nitrogens with zero attached hydrogens (tertiary/aromatic N) is 6. The van der Waals surface area contributed by atoms with Crippen LogP contribution in [0.1, 0.15) is 0 Å². The summed E-state index contributed by atoms with van der Waals surface area (Å²) in [5, 5.41) is 8.64. The van der Waals surface area contributed by atoms with Crippen LogP contribution in [0.15, 0.2) is 73.3 Å². The molecule has 0 unspecified atom stereocenters. The summed E-state index contributed by atoms with van der Waals surface area (Å²) in [5.74, 6) is 0.715. The van der Waals surface area contributed by atoms with E-state index in [0.29, 0.717) is 12.4 Å². The van der Waals surface area contributed by atoms with E-state index in [4.69, 9.17) is 9.72 Å². The van der Waals surface area contributed by atoms with Crippen molar-refractivity contribution in [3.05, 3.63) is 73.3 Å². The summed E-state index contributed by atoms with van der Waals surface area (Å²) in [6, 6.07) is 15.8. The largest absolute Gasteiger partial charge is 0.491 e. The number of fused-ring (bicyclic) bond motifs is 2. The zero-order valence-electron chi connectivity index (χ0n) is 19.9. The summed E-state index contributed by atoms with van der Waals surface area (Å²) in [7, 11) is 4.03. The minimum absolute atomic E-state index is 0.589. The molecule has 0 aromatic carbocycles. The number of aromatic amines is 2. The molecule has 0 fully saturated rings. The smallest absolute Gasteiger partial charge is 0.138 e. The quantitative estimate of drug-likeness (QED) is 0.348. The van der Waals surface area contributed by atoms with Crippen LogP contribution in [0.5, 0.6) is 5.75 Å². The second kappa shape index (κ2) is 9.20. The van der Waals surface area contributed by atoms with Crippen molar-refractivity contribution in [2.75, 3.05) is 27.2 Å². The molecule has 2 N–H and O–H groups in total. The predicted octanol–water partition coefficient (Wildman–Crippen LogP) is 4.57. The van der Waals surface area contributed by atoms with Crippen molar-refractivity contribution in [2.45, 2.75) is 0 Å². The Hall–Kier alpha value is -4.63. The number of likely N-dealkylation sites (N-methyl/N-ethyl adjacent to an activating group) is 1. The molecule has 0 aliphatic carbocycles. The van der Waals surface area contributed by atoms with Gasteiger partial charge in [0.25, 0.3) is 0 Å². The number of ether oxygens (including phenoxy) is 1. The van der Waals surface area contributed by atoms with E-state index in [0.717, 1.165) is 62.5 Å². The second-order valence-electron chi connectivity index (χ2n) is 8.74. The fourth-order valence-corrected chi connectivity index (χ4v) is 4.13. The number of nitrogens with one attached hydrogen (secondary N) is 2. The van der Waals surface area contributed by atoms with Gasteiger partial charge >= 0.3 is 0 Å². The number of pyridine rings is 4. The van der Waals surface area contributed by atoms with Gasteiger partial charge in [-0.3, -0.25) is 15.1 Å². The van der Waals surface area contributed by atoms with Gasteiger partial charge < -0.3 is 14.6 Å². The van der Waals surface area contributed by atoms with Crippen LogP contribution in [0.4, 0.5) is 0 Å². The van der Waals surface area contributed by atoms with Crippen LogP contribution in [0.3, 0.4) is 0 Å². The molecule has 9 heteroatoms. The SMILES string of the molecule is CN(C)CCOc1cncc(-c2ccc3[nH]nc(-c4cc5c(-c6ccccn6)ccnc5[nH]4)c3n2)c1. The van der Waals surface area contributed by atoms with E-state index in [2.05, 4.69) is 41.1 Å². The first-order valence-corrected chi connectivity index (χ1v) is 11.6. The summed E-state index contributed by atoms with van der Waals surface area (Å²) in [5.41, 5.74) is 7.50. The van der Waals surface area contributed by atoms with E-state index in [-0.39, 0.29) is 0 Å². The third-order valence-electron chi connectivity index (χ3n) is 5.95. The van der Waals surface area contributed by atoms with Gasteiger partial charge in [0.05, 0.1) is 28.8 Å². The maximum absolute atomic E-state index is 5.86. The molecule has 0 aliphatic heterocycles. The van der Waals surface area contributed by atoms with E-state index >= 15 is 0 Å². The molecular formula is C27H24N8O. The molecular weight excluding hydrogens is 452 g/mol. The highest BCUT2D eigenvalue weighted by Gasteiger charge is 2.16. The first kappa shape index (κ1) is 21.9. The lowest BCUT2D eigenvalue weighted by Crippen LogP contribution is -2.19. The van der Waals surface area contributed by atoms with E-state index in [1.807, 2.05) is 56.6 Å². The lowest BCUT2D eigenvalue weighted by molar-refractivity contribution is 0.261. The number of rotatable bonds is 7. The molecule has 0 radical (unpaired) electrons. The average Bonchev–Trinajstić information content (AvgIpc) is 3.53. The monoisotopic (exact) mass is 476 g/mol. The Balaban J connectivity index is 1.38. The zero-order chi connectivity index (χ0) is 24.5. The van der Waals surface area contributed by atoms with Crippen molar-refractivity contribution >= 4 is 22.1 Å². The topological polar surface area (TPSA) is 109 Å². The summed E-state index contributed by atoms with van der Waals surface area (Å²) < 4.78 is 5.86. The summed E-state index contributed by atoms with van der Waals surface area (Å²) in [6.07, 6.45) is 7.08. The normalized spacial score (nSPS) is 11.5. The van der Waals surface area contributed by atoms with Gasteiger partial charge in [0, 0.05) is 41.6 Å². The van der Waals surface area contributed by atoms with E-state index in [1.165, 1.54) is 0 Å². The Morgan fingerprint density at radius 3 is 2.75 bits per heavy atom. The number of hydrogen-bond acceptors (Lipinski definition) is 7. The molecule has 9 nitrogen and oxygen atoms in total. The van der Waals surface area contributed by atoms with E-state index in [9.17, 15) is 0 Å². The van der Waals surface area contributed by atoms with Crippen molar-refractivity contribution in [1.82, 2.24) is 40.0 Å². The molecule has 36 heavy (non-hydrogen) atoms. The van der Waals surface area contributed by atoms with Crippen molar-refractivity contribution in [3.63, 3.8) is 0 Å². The fraction of sp³-hybridized carbons (Fsp3) is 0.148. The van der Waals surface area contributed by atoms with Gasteiger partial charge in [-0.05, 0) is 56.6 Å². The lowest BCUT2D eigenvalue weighted by atomic mass is 10.1. The zero-order valence-corrected chi connectivity index (χ0v) is 19.9. The molecule has 0 atom stereocenters. The van der Waals surface area contributed by atoms with Crippen molar-refractivity contribution in [1.29, 1.82) is 0 Å². The first-order valence-electron chi connectivity index (χ1n) is 11.6. The summed E-state index contributed by atoms with van der Waals surface area (Å²) >= 11 is 0. The number of hydrogen-bond donors (Lipinski definition) is 2. The Labute approximate surface area is 207 Å². The number of aromatic nitrogens is 7. The van der Waals surface area contributed by atoms with Gasteiger partial charge in [-0.1, -0.05) is 6.07 Å². The Kier molecular flexibility index (Phi) is 5.59. The standard InChI is InChI=1S/C27H24N8O/c1-35(2)11-12-36-18-13-17(15-28-16-18)21-6-7-23-25(31-21)26(34-33-23)24-14-20-19(8-10-30-27(20)32-24)22-5-3-4-9-29-22/h3-10,13-16H,11-12H2,1-2H3,(H,30,32)(H,33,34). The van der Waals surface area contributed by atoms with Crippen LogP contribution in [0.2, 0.25) is 0 Å². The third kappa shape index (κ3) is 4.16. The van der Waals surface area contributed by atoms with Gasteiger partial charge in [0.2, 0.25) is 0 Å². The molecule has 0 amide bonds. The maximum atomic E-state index is 5.86. The Bertz CT molecular complexity index is 1660. The van der Waals surface area contributed by atoms with Crippen LogP contribution >= 0.6 is 0 Å². The Morgan fingerprint density at radius 2 is 1.89 bits per heavy atom. The molecule has 0 aliphatic rings. The summed E-state index contributed by atoms with van der Waals surface area (Å²) in [4.78, 5) is 23.8. The highest BCUT2D eigenvalue weighted by atomic mass is 16.5. The number of H-pyrrole nitrogens is 2. The fourth-order valence-electron chi connectivity index (χ4n) is 4.13. The maximum Gasteiger partial charge on any atom is 0.138 e. The van der Waals surface area contributed by atoms with Crippen LogP contribution in [-0.2, 0) is 0 Å². The van der Waals surface area contributed by atoms with Gasteiger partial charge in [0.1, 0.15) is 29.2 Å². The van der Waals surface area contributed by atoms with Crippen LogP contribution in [0.25, 0.3) is 56.0 Å². The van der Waals surface area contributed by atoms with Crippen LogP contribution < -0.4 is 4.74 Å². The molecule has 6 rings (SSSR count). The van der Waals surface area contributed by atoms with Gasteiger partial charge in [-0.2, -0.15) is 5.10 Å². The molecule has 0 bridgehead atoms. The minimum Gasteiger partial charge on any atom is -0.491 e. The van der Waals surface area contributed by atoms with Crippen LogP contribution in [-0.4, -0.2) is 67.3 Å². The predicted molar refractivity (Wildman–Crippen MR) is 139 cm³/mol. The molecule has 0 spiro atoms. The van der Waals surface area contributed by atoms with Crippen molar-refractivity contribution in [2.24, 2.45) is 0 Å². The molecule has 0 saturated carbocycles. The van der Waals surface area contributed by atoms with Gasteiger partial charge in [-0.25, -0.2) is 9.97 Å². The van der Waals surface area contributed by atoms with Crippen molar-refractivity contribution < 1.29 is 4.74 Å². The molecule has 178 valence electrons. The highest BCUT2D eigenvalue weighted by molar-refractivity contribution is 5.98. The lowest BCUT2D eigenvalue weighted by Gasteiger charge is -2.11. The first-order chi connectivity index (χ1) is 17.7. The van der Waals surface area contributed by atoms with E-state index < -0.39 is 0 Å². The van der Waals surface area contributed by atoms with Crippen molar-refractivity contribution in [3.8, 4) is 39.7 Å². The van der Waals surface area contributed by atoms with Crippen LogP contribution in [0, 0.1) is 0 Å².